The number of nitrogens with two attached hydrogens (primary N) is 1. The fourth-order valence-electron chi connectivity index (χ4n) is 3.51. The van der Waals surface area contributed by atoms with Crippen molar-refractivity contribution in [2.75, 3.05) is 18.0 Å². The Morgan fingerprint density at radius 2 is 2.10 bits per heavy atom. The SMILES string of the molecule is CC1CNC(/C(C=N)=C/N)CN1c1ccnc(-c2cnc3cnc(C(F)(F)F)cn23)n1. The van der Waals surface area contributed by atoms with E-state index < -0.39 is 11.9 Å². The lowest BCUT2D eigenvalue weighted by atomic mass is 10.0. The molecule has 0 radical (unpaired) electrons. The van der Waals surface area contributed by atoms with Gasteiger partial charge in [-0.2, -0.15) is 13.2 Å². The number of hydrogen-bond donors (Lipinski definition) is 3. The maximum atomic E-state index is 13.1. The van der Waals surface area contributed by atoms with Gasteiger partial charge in [-0.1, -0.05) is 0 Å². The summed E-state index contributed by atoms with van der Waals surface area (Å²) in [4.78, 5) is 18.4. The van der Waals surface area contributed by atoms with Crippen LogP contribution in [0.2, 0.25) is 0 Å². The average Bonchev–Trinajstić information content (AvgIpc) is 3.18. The van der Waals surface area contributed by atoms with Crippen molar-refractivity contribution in [3.8, 4) is 11.5 Å². The highest BCUT2D eigenvalue weighted by molar-refractivity contribution is 5.77. The molecule has 31 heavy (non-hydrogen) atoms. The quantitative estimate of drug-likeness (QED) is 0.539. The van der Waals surface area contributed by atoms with Crippen LogP contribution in [-0.2, 0) is 6.18 Å². The van der Waals surface area contributed by atoms with Gasteiger partial charge in [0.2, 0.25) is 0 Å². The topological polar surface area (TPSA) is 121 Å². The molecule has 0 aromatic carbocycles. The van der Waals surface area contributed by atoms with E-state index >= 15 is 0 Å². The van der Waals surface area contributed by atoms with Crippen LogP contribution >= 0.6 is 0 Å². The van der Waals surface area contributed by atoms with Crippen molar-refractivity contribution in [1.29, 1.82) is 5.41 Å². The molecule has 1 aliphatic heterocycles. The second kappa shape index (κ2) is 7.95. The molecule has 2 atom stereocenters. The van der Waals surface area contributed by atoms with Gasteiger partial charge in [0.15, 0.2) is 17.2 Å². The number of rotatable bonds is 4. The van der Waals surface area contributed by atoms with Gasteiger partial charge in [0.25, 0.3) is 0 Å². The number of nitrogens with one attached hydrogen (secondary N) is 2. The zero-order valence-corrected chi connectivity index (χ0v) is 16.5. The van der Waals surface area contributed by atoms with Crippen LogP contribution in [0.1, 0.15) is 12.6 Å². The summed E-state index contributed by atoms with van der Waals surface area (Å²) in [6.45, 7) is 3.19. The van der Waals surface area contributed by atoms with Gasteiger partial charge in [-0.25, -0.2) is 19.9 Å². The normalized spacial score (nSPS) is 20.3. The number of nitrogens with zero attached hydrogens (tertiary/aromatic N) is 6. The fourth-order valence-corrected chi connectivity index (χ4v) is 3.51. The molecular weight excluding hydrogens is 411 g/mol. The summed E-state index contributed by atoms with van der Waals surface area (Å²) in [5, 5.41) is 10.9. The van der Waals surface area contributed by atoms with E-state index in [0.717, 1.165) is 12.4 Å². The predicted molar refractivity (Wildman–Crippen MR) is 109 cm³/mol. The van der Waals surface area contributed by atoms with Crippen molar-refractivity contribution in [1.82, 2.24) is 29.7 Å². The van der Waals surface area contributed by atoms with Gasteiger partial charge in [-0.15, -0.1) is 0 Å². The van der Waals surface area contributed by atoms with Crippen LogP contribution < -0.4 is 16.0 Å². The Kier molecular flexibility index (Phi) is 5.31. The summed E-state index contributed by atoms with van der Waals surface area (Å²) in [6, 6.07) is 1.69. The van der Waals surface area contributed by atoms with Gasteiger partial charge in [0.1, 0.15) is 11.5 Å². The van der Waals surface area contributed by atoms with Crippen molar-refractivity contribution in [2.24, 2.45) is 5.73 Å². The van der Waals surface area contributed by atoms with E-state index in [1.54, 1.807) is 12.3 Å². The maximum Gasteiger partial charge on any atom is 0.434 e. The number of alkyl halides is 3. The first kappa shape index (κ1) is 20.7. The number of anilines is 1. The van der Waals surface area contributed by atoms with E-state index in [9.17, 15) is 13.2 Å². The molecule has 9 nitrogen and oxygen atoms in total. The van der Waals surface area contributed by atoms with Crippen LogP contribution in [-0.4, -0.2) is 55.7 Å². The van der Waals surface area contributed by atoms with Crippen LogP contribution in [0.25, 0.3) is 17.2 Å². The molecule has 4 N–H and O–H groups in total. The summed E-state index contributed by atoms with van der Waals surface area (Å²) >= 11 is 0. The second-order valence-corrected chi connectivity index (χ2v) is 7.15. The van der Waals surface area contributed by atoms with E-state index in [-0.39, 0.29) is 23.6 Å². The van der Waals surface area contributed by atoms with Crippen LogP contribution in [0, 0.1) is 5.41 Å². The van der Waals surface area contributed by atoms with E-state index in [1.807, 2.05) is 11.8 Å². The molecule has 0 aliphatic carbocycles. The van der Waals surface area contributed by atoms with Gasteiger partial charge >= 0.3 is 6.18 Å². The Bertz CT molecular complexity index is 1140. The summed E-state index contributed by atoms with van der Waals surface area (Å²) < 4.78 is 40.6. The highest BCUT2D eigenvalue weighted by atomic mass is 19.4. The van der Waals surface area contributed by atoms with Crippen molar-refractivity contribution in [2.45, 2.75) is 25.2 Å². The maximum absolute atomic E-state index is 13.1. The molecule has 12 heteroatoms. The zero-order chi connectivity index (χ0) is 22.2. The highest BCUT2D eigenvalue weighted by Gasteiger charge is 2.33. The Morgan fingerprint density at radius 3 is 2.81 bits per heavy atom. The molecule has 162 valence electrons. The first-order chi connectivity index (χ1) is 14.8. The van der Waals surface area contributed by atoms with Crippen LogP contribution in [0.3, 0.4) is 0 Å². The molecule has 4 heterocycles. The predicted octanol–water partition coefficient (Wildman–Crippen LogP) is 1.86. The van der Waals surface area contributed by atoms with Crippen molar-refractivity contribution < 1.29 is 13.2 Å². The molecular formula is C19H20F3N9. The number of hydrogen-bond acceptors (Lipinski definition) is 8. The monoisotopic (exact) mass is 431 g/mol. The molecule has 1 fully saturated rings. The molecule has 0 saturated carbocycles. The summed E-state index contributed by atoms with van der Waals surface area (Å²) in [7, 11) is 0. The Morgan fingerprint density at radius 1 is 1.29 bits per heavy atom. The van der Waals surface area contributed by atoms with Crippen LogP contribution in [0.4, 0.5) is 19.0 Å². The summed E-state index contributed by atoms with van der Waals surface area (Å²) in [5.74, 6) is 0.860. The van der Waals surface area contributed by atoms with Crippen molar-refractivity contribution >= 4 is 17.7 Å². The molecule has 1 saturated heterocycles. The first-order valence-electron chi connectivity index (χ1n) is 9.48. The molecule has 4 rings (SSSR count). The number of fused-ring (bicyclic) bond motifs is 1. The minimum Gasteiger partial charge on any atom is -0.404 e. The Balaban J connectivity index is 1.71. The summed E-state index contributed by atoms with van der Waals surface area (Å²) in [6.07, 6.45) is 2.97. The van der Waals surface area contributed by atoms with E-state index in [1.165, 1.54) is 23.0 Å². The zero-order valence-electron chi connectivity index (χ0n) is 16.5. The third-order valence-electron chi connectivity index (χ3n) is 5.18. The molecule has 0 amide bonds. The molecule has 0 spiro atoms. The lowest BCUT2D eigenvalue weighted by Crippen LogP contribution is -2.56. The van der Waals surface area contributed by atoms with Gasteiger partial charge in [-0.05, 0) is 13.0 Å². The van der Waals surface area contributed by atoms with Gasteiger partial charge in [-0.3, -0.25) is 4.40 Å². The fraction of sp³-hybridized carbons (Fsp3) is 0.316. The van der Waals surface area contributed by atoms with Crippen LogP contribution in [0.5, 0.6) is 0 Å². The minimum atomic E-state index is -4.58. The number of aromatic nitrogens is 5. The van der Waals surface area contributed by atoms with Crippen molar-refractivity contribution in [3.05, 3.63) is 48.3 Å². The highest BCUT2D eigenvalue weighted by Crippen LogP contribution is 2.29. The standard InChI is InChI=1S/C19H20F3N9/c1-11-6-26-13(12(4-23)5-24)9-30(11)16-2-3-25-18(29-16)14-7-28-17-8-27-15(10-31(14)17)19(20,21)22/h2-5,7-8,10-11,13,23,26H,6,9,24H2,1H3/b12-5+,23-4?. The number of halogens is 3. The number of imidazole rings is 1. The Hall–Kier alpha value is -3.54. The first-order valence-corrected chi connectivity index (χ1v) is 9.48. The Labute approximate surface area is 175 Å². The largest absolute Gasteiger partial charge is 0.434 e. The van der Waals surface area contributed by atoms with E-state index in [0.29, 0.717) is 30.2 Å². The molecule has 2 unspecified atom stereocenters. The third-order valence-corrected chi connectivity index (χ3v) is 5.18. The minimum absolute atomic E-state index is 0.0898. The van der Waals surface area contributed by atoms with Gasteiger partial charge in [0.05, 0.1) is 18.4 Å². The summed E-state index contributed by atoms with van der Waals surface area (Å²) in [5.41, 5.74) is 5.84. The van der Waals surface area contributed by atoms with Gasteiger partial charge in [0, 0.05) is 49.5 Å². The van der Waals surface area contributed by atoms with Crippen LogP contribution in [0.15, 0.2) is 42.6 Å². The molecule has 3 aromatic rings. The van der Waals surface area contributed by atoms with Gasteiger partial charge < -0.3 is 21.4 Å². The number of piperazine rings is 1. The molecule has 0 bridgehead atoms. The third kappa shape index (κ3) is 3.93. The molecule has 3 aromatic heterocycles. The average molecular weight is 431 g/mol. The van der Waals surface area contributed by atoms with E-state index in [2.05, 4.69) is 25.3 Å². The smallest absolute Gasteiger partial charge is 0.404 e. The molecule has 1 aliphatic rings. The van der Waals surface area contributed by atoms with Crippen molar-refractivity contribution in [3.63, 3.8) is 0 Å². The lowest BCUT2D eigenvalue weighted by molar-refractivity contribution is -0.141. The van der Waals surface area contributed by atoms with E-state index in [4.69, 9.17) is 11.1 Å². The lowest BCUT2D eigenvalue weighted by Gasteiger charge is -2.39. The second-order valence-electron chi connectivity index (χ2n) is 7.15.